The molecule has 0 unspecified atom stereocenters. The number of aromatic nitrogens is 1. The number of pyridine rings is 1. The molecule has 0 saturated carbocycles. The van der Waals surface area contributed by atoms with Crippen molar-refractivity contribution in [3.63, 3.8) is 0 Å². The van der Waals surface area contributed by atoms with Gasteiger partial charge in [0.1, 0.15) is 0 Å². The zero-order chi connectivity index (χ0) is 21.3. The molecule has 1 amide bonds. The summed E-state index contributed by atoms with van der Waals surface area (Å²) in [6.07, 6.45) is 2.97. The van der Waals surface area contributed by atoms with Gasteiger partial charge >= 0.3 is 0 Å². The molecule has 1 aromatic heterocycles. The summed E-state index contributed by atoms with van der Waals surface area (Å²) < 4.78 is 0.887. The number of nitrogens with one attached hydrogen (secondary N) is 1. The maximum absolute atomic E-state index is 12.3. The molecule has 3 rings (SSSR count). The Bertz CT molecular complexity index is 964. The molecule has 156 valence electrons. The second-order valence-corrected chi connectivity index (χ2v) is 8.52. The highest BCUT2D eigenvalue weighted by atomic mass is 79.9. The third-order valence-electron chi connectivity index (χ3n) is 4.65. The molecule has 0 atom stereocenters. The number of halogens is 2. The molecule has 3 aromatic rings. The molecule has 0 radical (unpaired) electrons. The molecule has 0 aliphatic heterocycles. The van der Waals surface area contributed by atoms with Crippen LogP contribution in [0.4, 0.5) is 5.69 Å². The summed E-state index contributed by atoms with van der Waals surface area (Å²) in [6, 6.07) is 19.9. The average Bonchev–Trinajstić information content (AvgIpc) is 2.72. The van der Waals surface area contributed by atoms with Crippen LogP contribution in [0.15, 0.2) is 71.3 Å². The number of carbonyl (C=O) groups excluding carboxylic acids is 1. The van der Waals surface area contributed by atoms with Gasteiger partial charge in [-0.05, 0) is 64.3 Å². The van der Waals surface area contributed by atoms with Crippen LogP contribution in [-0.2, 0) is 24.3 Å². The molecule has 0 saturated heterocycles. The van der Waals surface area contributed by atoms with E-state index in [1.807, 2.05) is 36.4 Å². The third kappa shape index (κ3) is 6.94. The zero-order valence-electron chi connectivity index (χ0n) is 16.9. The van der Waals surface area contributed by atoms with Gasteiger partial charge in [-0.15, -0.1) is 0 Å². The van der Waals surface area contributed by atoms with E-state index in [1.54, 1.807) is 6.20 Å². The Morgan fingerprint density at radius 1 is 1.10 bits per heavy atom. The van der Waals surface area contributed by atoms with Crippen molar-refractivity contribution in [1.82, 2.24) is 9.88 Å². The van der Waals surface area contributed by atoms with Crippen molar-refractivity contribution < 1.29 is 4.79 Å². The van der Waals surface area contributed by atoms with E-state index in [1.165, 1.54) is 5.56 Å². The fourth-order valence-corrected chi connectivity index (χ4v) is 3.72. The van der Waals surface area contributed by atoms with Crippen molar-refractivity contribution in [2.45, 2.75) is 32.9 Å². The first-order valence-corrected chi connectivity index (χ1v) is 11.2. The highest BCUT2D eigenvalue weighted by molar-refractivity contribution is 9.10. The van der Waals surface area contributed by atoms with Gasteiger partial charge in [-0.1, -0.05) is 54.9 Å². The molecule has 2 aromatic carbocycles. The Kier molecular flexibility index (Phi) is 8.43. The summed E-state index contributed by atoms with van der Waals surface area (Å²) in [5, 5.41) is 3.56. The lowest BCUT2D eigenvalue weighted by Gasteiger charge is -2.22. The monoisotopic (exact) mass is 485 g/mol. The quantitative estimate of drug-likeness (QED) is 0.398. The Balaban J connectivity index is 1.61. The van der Waals surface area contributed by atoms with Crippen molar-refractivity contribution in [2.75, 3.05) is 11.9 Å². The normalized spacial score (nSPS) is 10.9. The predicted molar refractivity (Wildman–Crippen MR) is 127 cm³/mol. The largest absolute Gasteiger partial charge is 0.326 e. The van der Waals surface area contributed by atoms with E-state index in [2.05, 4.69) is 62.3 Å². The first kappa shape index (κ1) is 22.5. The minimum Gasteiger partial charge on any atom is -0.326 e. The number of hydrogen-bond donors (Lipinski definition) is 1. The molecular weight excluding hydrogens is 462 g/mol. The van der Waals surface area contributed by atoms with Gasteiger partial charge in [0.2, 0.25) is 5.91 Å². The van der Waals surface area contributed by atoms with Crippen LogP contribution >= 0.6 is 27.5 Å². The van der Waals surface area contributed by atoms with Gasteiger partial charge in [0.25, 0.3) is 0 Å². The van der Waals surface area contributed by atoms with Crippen molar-refractivity contribution in [3.05, 3.63) is 93.2 Å². The molecule has 4 nitrogen and oxygen atoms in total. The van der Waals surface area contributed by atoms with Crippen LogP contribution in [0.25, 0.3) is 0 Å². The number of nitrogens with zero attached hydrogens (tertiary/aromatic N) is 2. The van der Waals surface area contributed by atoms with Gasteiger partial charge in [-0.2, -0.15) is 0 Å². The van der Waals surface area contributed by atoms with Gasteiger partial charge < -0.3 is 5.32 Å². The van der Waals surface area contributed by atoms with Gasteiger partial charge in [-0.25, -0.2) is 0 Å². The first-order chi connectivity index (χ1) is 14.5. The Hall–Kier alpha value is -2.21. The van der Waals surface area contributed by atoms with Gasteiger partial charge in [-0.3, -0.25) is 14.7 Å². The minimum absolute atomic E-state index is 0.120. The zero-order valence-corrected chi connectivity index (χ0v) is 19.3. The van der Waals surface area contributed by atoms with Crippen LogP contribution in [0.2, 0.25) is 5.02 Å². The molecule has 0 aliphatic rings. The molecule has 6 heteroatoms. The van der Waals surface area contributed by atoms with E-state index in [9.17, 15) is 4.79 Å². The second-order valence-electron chi connectivity index (χ2n) is 7.20. The van der Waals surface area contributed by atoms with E-state index in [0.717, 1.165) is 41.8 Å². The summed E-state index contributed by atoms with van der Waals surface area (Å²) in [6.45, 7) is 4.81. The molecule has 30 heavy (non-hydrogen) atoms. The van der Waals surface area contributed by atoms with Crippen LogP contribution in [0.5, 0.6) is 0 Å². The number of amides is 1. The Labute approximate surface area is 191 Å². The van der Waals surface area contributed by atoms with E-state index in [4.69, 9.17) is 11.6 Å². The van der Waals surface area contributed by atoms with Crippen LogP contribution in [0, 0.1) is 0 Å². The summed E-state index contributed by atoms with van der Waals surface area (Å²) >= 11 is 9.89. The van der Waals surface area contributed by atoms with Gasteiger partial charge in [0.05, 0.1) is 6.42 Å². The number of anilines is 1. The molecule has 0 fully saturated rings. The third-order valence-corrected chi connectivity index (χ3v) is 5.47. The van der Waals surface area contributed by atoms with Crippen LogP contribution in [0.3, 0.4) is 0 Å². The molecular formula is C24H25BrClN3O. The van der Waals surface area contributed by atoms with E-state index in [-0.39, 0.29) is 12.3 Å². The van der Waals surface area contributed by atoms with E-state index in [0.29, 0.717) is 10.7 Å². The van der Waals surface area contributed by atoms with E-state index < -0.39 is 0 Å². The smallest absolute Gasteiger partial charge is 0.230 e. The Morgan fingerprint density at radius 2 is 1.90 bits per heavy atom. The van der Waals surface area contributed by atoms with E-state index >= 15 is 0 Å². The molecule has 1 N–H and O–H groups in total. The summed E-state index contributed by atoms with van der Waals surface area (Å²) in [5.74, 6) is -0.120. The lowest BCUT2D eigenvalue weighted by molar-refractivity contribution is -0.115. The molecule has 0 spiro atoms. The highest BCUT2D eigenvalue weighted by Gasteiger charge is 2.11. The maximum Gasteiger partial charge on any atom is 0.230 e. The van der Waals surface area contributed by atoms with Crippen molar-refractivity contribution in [2.24, 2.45) is 0 Å². The lowest BCUT2D eigenvalue weighted by atomic mass is 10.1. The lowest BCUT2D eigenvalue weighted by Crippen LogP contribution is -2.23. The Morgan fingerprint density at radius 3 is 2.57 bits per heavy atom. The van der Waals surface area contributed by atoms with Crippen LogP contribution in [-0.4, -0.2) is 22.3 Å². The minimum atomic E-state index is -0.120. The topological polar surface area (TPSA) is 45.2 Å². The van der Waals surface area contributed by atoms with Crippen LogP contribution < -0.4 is 5.32 Å². The first-order valence-electron chi connectivity index (χ1n) is 9.98. The number of rotatable bonds is 9. The number of hydrogen-bond acceptors (Lipinski definition) is 3. The van der Waals surface area contributed by atoms with Gasteiger partial charge in [0, 0.05) is 40.2 Å². The SMILES string of the molecule is CCCN(Cc1ccccc1)Cc1ccc(NC(=O)Cc2ccc(Br)cn2)cc1Cl. The van der Waals surface area contributed by atoms with Crippen molar-refractivity contribution in [1.29, 1.82) is 0 Å². The second kappa shape index (κ2) is 11.3. The standard InChI is InChI=1S/C24H25BrClN3O/c1-2-12-29(16-18-6-4-3-5-7-18)17-19-8-10-22(13-23(19)26)28-24(30)14-21-11-9-20(25)15-27-21/h3-11,13,15H,2,12,14,16-17H2,1H3,(H,28,30). The molecule has 1 heterocycles. The predicted octanol–water partition coefficient (Wildman–Crippen LogP) is 6.09. The molecule has 0 aliphatic carbocycles. The fourth-order valence-electron chi connectivity index (χ4n) is 3.25. The van der Waals surface area contributed by atoms with Crippen molar-refractivity contribution in [3.8, 4) is 0 Å². The molecule has 0 bridgehead atoms. The summed E-state index contributed by atoms with van der Waals surface area (Å²) in [4.78, 5) is 18.9. The number of benzene rings is 2. The number of carbonyl (C=O) groups is 1. The van der Waals surface area contributed by atoms with Gasteiger partial charge in [0.15, 0.2) is 0 Å². The summed E-state index contributed by atoms with van der Waals surface area (Å²) in [5.41, 5.74) is 3.74. The van der Waals surface area contributed by atoms with Crippen molar-refractivity contribution >= 4 is 39.1 Å². The average molecular weight is 487 g/mol. The fraction of sp³-hybridized carbons (Fsp3) is 0.250. The highest BCUT2D eigenvalue weighted by Crippen LogP contribution is 2.23. The summed E-state index contributed by atoms with van der Waals surface area (Å²) in [7, 11) is 0. The maximum atomic E-state index is 12.3. The van der Waals surface area contributed by atoms with Crippen LogP contribution in [0.1, 0.15) is 30.2 Å².